The van der Waals surface area contributed by atoms with Crippen molar-refractivity contribution in [3.63, 3.8) is 0 Å². The summed E-state index contributed by atoms with van der Waals surface area (Å²) < 4.78 is 1.63. The summed E-state index contributed by atoms with van der Waals surface area (Å²) in [7, 11) is 0. The molecule has 0 unspecified atom stereocenters. The standard InChI is InChI=1S/C16H18N4OS/c1-10-6-5-7-11(8-10)14-17-12-9-13(21)19-20(12)15(18-14)22-16(2,3)4/h5-9H,1-4H3,(H,19,21). The molecule has 0 amide bonds. The molecule has 0 aliphatic rings. The Morgan fingerprint density at radius 1 is 1.18 bits per heavy atom. The first-order valence-electron chi connectivity index (χ1n) is 7.08. The summed E-state index contributed by atoms with van der Waals surface area (Å²) in [5.74, 6) is 0.634. The van der Waals surface area contributed by atoms with E-state index in [1.165, 1.54) is 6.07 Å². The Balaban J connectivity index is 2.22. The highest BCUT2D eigenvalue weighted by Gasteiger charge is 2.18. The van der Waals surface area contributed by atoms with Crippen LogP contribution in [0.25, 0.3) is 17.0 Å². The van der Waals surface area contributed by atoms with Crippen LogP contribution >= 0.6 is 11.8 Å². The fraction of sp³-hybridized carbons (Fsp3) is 0.312. The highest BCUT2D eigenvalue weighted by atomic mass is 32.2. The first kappa shape index (κ1) is 14.8. The van der Waals surface area contributed by atoms with Crippen LogP contribution in [0.4, 0.5) is 0 Å². The molecule has 0 aliphatic carbocycles. The number of benzene rings is 1. The summed E-state index contributed by atoms with van der Waals surface area (Å²) in [4.78, 5) is 20.8. The van der Waals surface area contributed by atoms with Gasteiger partial charge in [-0.05, 0) is 13.0 Å². The van der Waals surface area contributed by atoms with E-state index in [4.69, 9.17) is 0 Å². The van der Waals surface area contributed by atoms with Crippen LogP contribution in [-0.2, 0) is 0 Å². The van der Waals surface area contributed by atoms with Gasteiger partial charge in [0, 0.05) is 16.4 Å². The Kier molecular flexibility index (Phi) is 3.56. The van der Waals surface area contributed by atoms with E-state index < -0.39 is 0 Å². The van der Waals surface area contributed by atoms with E-state index >= 15 is 0 Å². The molecule has 114 valence electrons. The highest BCUT2D eigenvalue weighted by molar-refractivity contribution is 8.00. The van der Waals surface area contributed by atoms with Gasteiger partial charge in [-0.2, -0.15) is 0 Å². The van der Waals surface area contributed by atoms with Crippen molar-refractivity contribution in [1.29, 1.82) is 0 Å². The molecule has 0 spiro atoms. The molecule has 0 fully saturated rings. The molecule has 5 nitrogen and oxygen atoms in total. The number of H-pyrrole nitrogens is 1. The SMILES string of the molecule is Cc1cccc(-c2nc(SC(C)(C)C)n3[nH]c(=O)cc3n2)c1. The monoisotopic (exact) mass is 314 g/mol. The summed E-state index contributed by atoms with van der Waals surface area (Å²) in [6.07, 6.45) is 0. The van der Waals surface area contributed by atoms with E-state index in [1.54, 1.807) is 16.3 Å². The van der Waals surface area contributed by atoms with Crippen LogP contribution in [-0.4, -0.2) is 24.3 Å². The molecular formula is C16H18N4OS. The average molecular weight is 314 g/mol. The summed E-state index contributed by atoms with van der Waals surface area (Å²) >= 11 is 1.60. The Bertz CT molecular complexity index is 889. The van der Waals surface area contributed by atoms with Crippen molar-refractivity contribution < 1.29 is 0 Å². The minimum absolute atomic E-state index is 0.0215. The van der Waals surface area contributed by atoms with Crippen LogP contribution in [0.1, 0.15) is 26.3 Å². The van der Waals surface area contributed by atoms with Crippen molar-refractivity contribution in [1.82, 2.24) is 19.6 Å². The van der Waals surface area contributed by atoms with E-state index in [1.807, 2.05) is 31.2 Å². The summed E-state index contributed by atoms with van der Waals surface area (Å²) in [5.41, 5.74) is 2.51. The first-order valence-corrected chi connectivity index (χ1v) is 7.89. The number of hydrogen-bond donors (Lipinski definition) is 1. The largest absolute Gasteiger partial charge is 0.268 e. The van der Waals surface area contributed by atoms with Crippen LogP contribution in [0.2, 0.25) is 0 Å². The lowest BCUT2D eigenvalue weighted by atomic mass is 10.1. The fourth-order valence-corrected chi connectivity index (χ4v) is 3.05. The zero-order valence-electron chi connectivity index (χ0n) is 13.0. The number of nitrogens with one attached hydrogen (secondary N) is 1. The van der Waals surface area contributed by atoms with Gasteiger partial charge in [0.1, 0.15) is 0 Å². The second kappa shape index (κ2) is 5.28. The zero-order chi connectivity index (χ0) is 15.9. The molecule has 1 N–H and O–H groups in total. The van der Waals surface area contributed by atoms with Gasteiger partial charge < -0.3 is 0 Å². The van der Waals surface area contributed by atoms with E-state index in [2.05, 4.69) is 35.8 Å². The molecule has 1 aromatic carbocycles. The minimum Gasteiger partial charge on any atom is -0.268 e. The topological polar surface area (TPSA) is 63.1 Å². The van der Waals surface area contributed by atoms with Crippen LogP contribution in [0.15, 0.2) is 40.3 Å². The van der Waals surface area contributed by atoms with Crippen molar-refractivity contribution in [3.05, 3.63) is 46.2 Å². The number of hydrogen-bond acceptors (Lipinski definition) is 4. The number of nitrogens with zero attached hydrogens (tertiary/aromatic N) is 3. The number of aryl methyl sites for hydroxylation is 1. The Morgan fingerprint density at radius 2 is 1.95 bits per heavy atom. The maximum absolute atomic E-state index is 11.7. The Morgan fingerprint density at radius 3 is 2.64 bits per heavy atom. The molecule has 6 heteroatoms. The van der Waals surface area contributed by atoms with Crippen molar-refractivity contribution in [2.24, 2.45) is 0 Å². The third kappa shape index (κ3) is 3.06. The van der Waals surface area contributed by atoms with Gasteiger partial charge in [0.05, 0.1) is 0 Å². The molecule has 0 bridgehead atoms. The van der Waals surface area contributed by atoms with Gasteiger partial charge >= 0.3 is 0 Å². The molecule has 2 heterocycles. The van der Waals surface area contributed by atoms with Crippen LogP contribution in [0, 0.1) is 6.92 Å². The first-order chi connectivity index (χ1) is 10.3. The van der Waals surface area contributed by atoms with Gasteiger partial charge in [-0.15, -0.1) is 0 Å². The second-order valence-corrected chi connectivity index (χ2v) is 8.02. The zero-order valence-corrected chi connectivity index (χ0v) is 13.9. The van der Waals surface area contributed by atoms with Gasteiger partial charge in [-0.3, -0.25) is 9.89 Å². The molecule has 2 aromatic heterocycles. The molecular weight excluding hydrogens is 296 g/mol. The number of aromatic nitrogens is 4. The molecule has 3 rings (SSSR count). The Hall–Kier alpha value is -2.08. The predicted octanol–water partition coefficient (Wildman–Crippen LogP) is 3.28. The lowest BCUT2D eigenvalue weighted by Gasteiger charge is -2.17. The van der Waals surface area contributed by atoms with Crippen molar-refractivity contribution in [3.8, 4) is 11.4 Å². The minimum atomic E-state index is -0.175. The van der Waals surface area contributed by atoms with Crippen molar-refractivity contribution in [2.45, 2.75) is 37.6 Å². The second-order valence-electron chi connectivity index (χ2n) is 6.23. The van der Waals surface area contributed by atoms with E-state index in [9.17, 15) is 4.79 Å². The molecule has 0 radical (unpaired) electrons. The summed E-state index contributed by atoms with van der Waals surface area (Å²) in [6, 6.07) is 9.54. The maximum atomic E-state index is 11.7. The predicted molar refractivity (Wildman–Crippen MR) is 89.4 cm³/mol. The highest BCUT2D eigenvalue weighted by Crippen LogP contribution is 2.31. The molecule has 0 atom stereocenters. The van der Waals surface area contributed by atoms with Gasteiger partial charge in [0.15, 0.2) is 16.6 Å². The maximum Gasteiger partial charge on any atom is 0.266 e. The lowest BCUT2D eigenvalue weighted by molar-refractivity contribution is 0.740. The molecule has 0 aliphatic heterocycles. The summed E-state index contributed by atoms with van der Waals surface area (Å²) in [6.45, 7) is 8.37. The smallest absolute Gasteiger partial charge is 0.266 e. The van der Waals surface area contributed by atoms with Gasteiger partial charge in [-0.25, -0.2) is 14.5 Å². The van der Waals surface area contributed by atoms with Gasteiger partial charge in [-0.1, -0.05) is 56.3 Å². The van der Waals surface area contributed by atoms with E-state index in [0.29, 0.717) is 11.5 Å². The number of thioether (sulfide) groups is 1. The summed E-state index contributed by atoms with van der Waals surface area (Å²) in [5, 5.41) is 3.49. The molecule has 22 heavy (non-hydrogen) atoms. The van der Waals surface area contributed by atoms with Crippen LogP contribution < -0.4 is 5.56 Å². The quantitative estimate of drug-likeness (QED) is 0.737. The molecule has 3 aromatic rings. The third-order valence-electron chi connectivity index (χ3n) is 3.00. The van der Waals surface area contributed by atoms with Gasteiger partial charge in [0.25, 0.3) is 5.56 Å². The van der Waals surface area contributed by atoms with Gasteiger partial charge in [0.2, 0.25) is 0 Å². The average Bonchev–Trinajstić information content (AvgIpc) is 2.77. The van der Waals surface area contributed by atoms with Crippen LogP contribution in [0.5, 0.6) is 0 Å². The van der Waals surface area contributed by atoms with Crippen molar-refractivity contribution >= 4 is 17.4 Å². The van der Waals surface area contributed by atoms with E-state index in [-0.39, 0.29) is 10.3 Å². The number of aromatic amines is 1. The number of rotatable bonds is 2. The molecule has 0 saturated heterocycles. The lowest BCUT2D eigenvalue weighted by Crippen LogP contribution is -2.12. The normalized spacial score (nSPS) is 12.0. The van der Waals surface area contributed by atoms with Crippen molar-refractivity contribution in [2.75, 3.05) is 0 Å². The van der Waals surface area contributed by atoms with Crippen LogP contribution in [0.3, 0.4) is 0 Å². The van der Waals surface area contributed by atoms with E-state index in [0.717, 1.165) is 16.3 Å². The number of fused-ring (bicyclic) bond motifs is 1. The Labute approximate surface area is 132 Å². The molecule has 0 saturated carbocycles. The third-order valence-corrected chi connectivity index (χ3v) is 4.07. The fourth-order valence-electron chi connectivity index (χ4n) is 2.14.